The van der Waals surface area contributed by atoms with E-state index in [1.807, 2.05) is 0 Å². The summed E-state index contributed by atoms with van der Waals surface area (Å²) in [6.07, 6.45) is 46.0. The van der Waals surface area contributed by atoms with Gasteiger partial charge in [-0.3, -0.25) is 9.59 Å². The topological polar surface area (TPSA) is 160 Å². The number of nitrogens with one attached hydrogen (secondary N) is 2. The van der Waals surface area contributed by atoms with Crippen molar-refractivity contribution < 1.29 is 52.3 Å². The van der Waals surface area contributed by atoms with Crippen molar-refractivity contribution in [3.8, 4) is 0 Å². The second-order valence-corrected chi connectivity index (χ2v) is 29.9. The Morgan fingerprint density at radius 1 is 0.560 bits per heavy atom. The molecule has 0 aromatic carbocycles. The van der Waals surface area contributed by atoms with Crippen LogP contribution in [0.5, 0.6) is 0 Å². The van der Waals surface area contributed by atoms with Gasteiger partial charge in [0, 0.05) is 67.6 Å². The highest BCUT2D eigenvalue weighted by molar-refractivity contribution is 5.78. The summed E-state index contributed by atoms with van der Waals surface area (Å²) in [5.41, 5.74) is 0.714. The zero-order valence-electron chi connectivity index (χ0n) is 59.9. The van der Waals surface area contributed by atoms with Crippen molar-refractivity contribution in [2.45, 2.75) is 311 Å². The van der Waals surface area contributed by atoms with Crippen molar-refractivity contribution in [1.29, 1.82) is 0 Å². The maximum atomic E-state index is 13.1. The Kier molecular flexibility index (Phi) is 40.6. The predicted molar refractivity (Wildman–Crippen MR) is 369 cm³/mol. The lowest BCUT2D eigenvalue weighted by molar-refractivity contribution is -0.551. The molecule has 0 spiro atoms. The molecule has 2 amide bonds. The SMILES string of the molecule is CCCCCCCC/C=C\CCCCCCCCNC(=O)O[C@@H]1CC[C@@]2(C)C(CCC3C2CC[C@@]2(C)C3CC[C@@H]2[C@H](C)CCC(=O)NCCCCCC(=O)CCCCOCCOCCCCCC[N+](=O)CCOCCOCCO[C@H]2OC(CC)[C@@H](C)[C@H](C)C2C)C1. The lowest BCUT2D eigenvalue weighted by atomic mass is 9.44. The third-order valence-electron chi connectivity index (χ3n) is 23.5. The quantitative estimate of drug-likeness (QED) is 0.0339. The fraction of sp³-hybridized carbons (Fsp3) is 0.935. The zero-order valence-corrected chi connectivity index (χ0v) is 59.9. The minimum absolute atomic E-state index is 0.0492. The summed E-state index contributed by atoms with van der Waals surface area (Å²) in [5.74, 6) is 6.19. The Morgan fingerprint density at radius 3 is 1.84 bits per heavy atom. The molecule has 6 unspecified atom stereocenters. The van der Waals surface area contributed by atoms with Crippen LogP contribution in [-0.4, -0.2) is 127 Å². The molecule has 1 heterocycles. The summed E-state index contributed by atoms with van der Waals surface area (Å²) in [5, 5.41) is 6.29. The molecule has 91 heavy (non-hydrogen) atoms. The Morgan fingerprint density at radius 2 is 1.13 bits per heavy atom. The molecule has 5 fully saturated rings. The molecule has 14 heteroatoms. The van der Waals surface area contributed by atoms with Gasteiger partial charge in [0.1, 0.15) is 18.5 Å². The van der Waals surface area contributed by atoms with Crippen LogP contribution >= 0.6 is 0 Å². The second-order valence-electron chi connectivity index (χ2n) is 29.9. The average Bonchev–Trinajstić information content (AvgIpc) is 1.69. The van der Waals surface area contributed by atoms with Gasteiger partial charge in [-0.15, -0.1) is 0 Å². The standard InChI is InChI=1S/C77H139N3O11/c1-9-11-12-13-14-15-16-17-18-19-20-21-22-23-24-30-48-79-75(83)90-67-43-45-76(7)65(60-67)38-39-68-70-41-40-69(77(70,8)46-44-71(68)76)61(3)37-42-73(82)78-47-31-27-28-35-66(81)36-29-34-52-86-55-54-85-51-33-26-25-32-49-80(84)50-53-87-56-57-88-58-59-89-74-64(6)62(4)63(5)72(10-2)91-74/h17-18,61-65,67-72,74H,9-16,19-60H2,1-8H3,(H-,78,79,82,83)/p+1/b18-17-/t61-,62+,63+,64?,65?,67-,68?,69-,70?,71?,72?,74+,76+,77-/m1/s1. The fourth-order valence-corrected chi connectivity index (χ4v) is 17.3. The van der Waals surface area contributed by atoms with Gasteiger partial charge in [0.05, 0.1) is 45.7 Å². The first-order valence-corrected chi connectivity index (χ1v) is 38.6. The summed E-state index contributed by atoms with van der Waals surface area (Å²) in [4.78, 5) is 50.7. The first kappa shape index (κ1) is 79.2. The molecule has 5 rings (SSSR count). The van der Waals surface area contributed by atoms with Crippen molar-refractivity contribution in [2.75, 3.05) is 85.6 Å². The molecule has 2 N–H and O–H groups in total. The largest absolute Gasteiger partial charge is 0.446 e. The third-order valence-corrected chi connectivity index (χ3v) is 23.5. The molecule has 4 saturated carbocycles. The Labute approximate surface area is 556 Å². The summed E-state index contributed by atoms with van der Waals surface area (Å²) < 4.78 is 42.1. The van der Waals surface area contributed by atoms with Gasteiger partial charge in [0.25, 0.3) is 0 Å². The number of hydrogen-bond acceptors (Lipinski definition) is 11. The number of alkyl carbamates (subject to hydrolysis) is 1. The fourth-order valence-electron chi connectivity index (χ4n) is 17.3. The van der Waals surface area contributed by atoms with Gasteiger partial charge in [0.15, 0.2) is 12.8 Å². The average molecular weight is 1280 g/mol. The van der Waals surface area contributed by atoms with Crippen LogP contribution in [0, 0.1) is 69.0 Å². The number of ketones is 1. The smallest absolute Gasteiger partial charge is 0.407 e. The summed E-state index contributed by atoms with van der Waals surface area (Å²) >= 11 is 0. The van der Waals surface area contributed by atoms with Crippen molar-refractivity contribution in [2.24, 2.45) is 64.1 Å². The van der Waals surface area contributed by atoms with Crippen LogP contribution in [0.4, 0.5) is 4.79 Å². The molecule has 14 atom stereocenters. The zero-order chi connectivity index (χ0) is 65.4. The number of nitroso groups, excluding NO2 is 1. The first-order chi connectivity index (χ1) is 44.2. The van der Waals surface area contributed by atoms with E-state index in [1.54, 1.807) is 0 Å². The third kappa shape index (κ3) is 29.4. The van der Waals surface area contributed by atoms with E-state index in [0.29, 0.717) is 150 Å². The van der Waals surface area contributed by atoms with Crippen molar-refractivity contribution in [1.82, 2.24) is 10.6 Å². The van der Waals surface area contributed by atoms with Crippen molar-refractivity contribution >= 4 is 17.8 Å². The molecule has 0 radical (unpaired) electrons. The number of amides is 2. The van der Waals surface area contributed by atoms with Crippen molar-refractivity contribution in [3.63, 3.8) is 0 Å². The van der Waals surface area contributed by atoms with Crippen LogP contribution in [0.15, 0.2) is 12.2 Å². The molecule has 14 nitrogen and oxygen atoms in total. The van der Waals surface area contributed by atoms with E-state index in [2.05, 4.69) is 78.2 Å². The second kappa shape index (κ2) is 46.6. The van der Waals surface area contributed by atoms with E-state index in [1.165, 1.54) is 128 Å². The Hall–Kier alpha value is -2.49. The van der Waals surface area contributed by atoms with E-state index in [9.17, 15) is 19.3 Å². The molecule has 0 aromatic rings. The van der Waals surface area contributed by atoms with Gasteiger partial charge in [0.2, 0.25) is 12.5 Å². The maximum Gasteiger partial charge on any atom is 0.407 e. The van der Waals surface area contributed by atoms with Crippen LogP contribution < -0.4 is 10.6 Å². The van der Waals surface area contributed by atoms with Crippen LogP contribution in [0.3, 0.4) is 0 Å². The van der Waals surface area contributed by atoms with Gasteiger partial charge in [-0.05, 0) is 199 Å². The monoisotopic (exact) mass is 1280 g/mol. The summed E-state index contributed by atoms with van der Waals surface area (Å²) in [6, 6.07) is 0. The molecular weight excluding hydrogens is 1140 g/mol. The highest BCUT2D eigenvalue weighted by atomic mass is 16.7. The van der Waals surface area contributed by atoms with Crippen molar-refractivity contribution in [3.05, 3.63) is 17.1 Å². The van der Waals surface area contributed by atoms with E-state index >= 15 is 0 Å². The molecule has 4 aliphatic carbocycles. The van der Waals surface area contributed by atoms with E-state index in [0.717, 1.165) is 119 Å². The number of Topliss-reactive ketones (excluding diaryl/α,β-unsaturated/α-hetero) is 1. The number of ether oxygens (including phenoxy) is 7. The van der Waals surface area contributed by atoms with Crippen LogP contribution in [0.25, 0.3) is 0 Å². The van der Waals surface area contributed by atoms with Gasteiger partial charge < -0.3 is 43.8 Å². The lowest BCUT2D eigenvalue weighted by Gasteiger charge is -2.61. The lowest BCUT2D eigenvalue weighted by Crippen LogP contribution is -2.54. The maximum absolute atomic E-state index is 13.1. The highest BCUT2D eigenvalue weighted by Crippen LogP contribution is 2.68. The molecule has 0 bridgehead atoms. The molecule has 1 saturated heterocycles. The number of fused-ring (bicyclic) bond motifs is 5. The van der Waals surface area contributed by atoms with Gasteiger partial charge in [-0.2, -0.15) is 0 Å². The van der Waals surface area contributed by atoms with Gasteiger partial charge in [-0.1, -0.05) is 138 Å². The minimum Gasteiger partial charge on any atom is -0.446 e. The molecule has 1 aliphatic heterocycles. The number of allylic oxidation sites excluding steroid dienone is 2. The number of nitrogens with zero attached hydrogens (tertiary/aromatic N) is 1. The molecular formula is C77H140N3O11+. The number of carbonyl (C=O) groups excluding carboxylic acids is 3. The van der Waals surface area contributed by atoms with E-state index in [-0.39, 0.29) is 30.5 Å². The normalized spacial score (nSPS) is 28.3. The summed E-state index contributed by atoms with van der Waals surface area (Å²) in [6.45, 7) is 26.0. The number of rotatable bonds is 53. The van der Waals surface area contributed by atoms with Crippen LogP contribution in [0.1, 0.15) is 293 Å². The number of unbranched alkanes of at least 4 members (excludes halogenated alkanes) is 18. The molecule has 5 aliphatic rings. The highest BCUT2D eigenvalue weighted by Gasteiger charge is 2.61. The summed E-state index contributed by atoms with van der Waals surface area (Å²) in [7, 11) is 0. The first-order valence-electron chi connectivity index (χ1n) is 38.6. The number of carbonyl (C=O) groups is 3. The van der Waals surface area contributed by atoms with E-state index in [4.69, 9.17) is 33.2 Å². The van der Waals surface area contributed by atoms with Crippen LogP contribution in [0.2, 0.25) is 0 Å². The molecule has 528 valence electrons. The Bertz CT molecular complexity index is 1970. The van der Waals surface area contributed by atoms with Gasteiger partial charge >= 0.3 is 6.09 Å². The Balaban J connectivity index is 0.762. The van der Waals surface area contributed by atoms with Gasteiger partial charge in [-0.25, -0.2) is 4.79 Å². The van der Waals surface area contributed by atoms with E-state index < -0.39 is 0 Å². The van der Waals surface area contributed by atoms with Crippen LogP contribution in [-0.2, 0) is 42.7 Å². The predicted octanol–water partition coefficient (Wildman–Crippen LogP) is 18.1. The molecule has 0 aromatic heterocycles. The number of hydrogen-bond donors (Lipinski definition) is 2. The minimum atomic E-state index is -0.204.